The monoisotopic (exact) mass is 277 g/mol. The first-order valence-electron chi connectivity index (χ1n) is 4.24. The molecule has 1 aromatic heterocycles. The van der Waals surface area contributed by atoms with Crippen molar-refractivity contribution >= 4 is 33.2 Å². The molecule has 0 saturated heterocycles. The van der Waals surface area contributed by atoms with Gasteiger partial charge in [-0.1, -0.05) is 6.92 Å². The highest BCUT2D eigenvalue weighted by atomic mass is 79.9. The van der Waals surface area contributed by atoms with Crippen LogP contribution in [-0.2, 0) is 4.79 Å². The molecule has 1 rings (SSSR count). The van der Waals surface area contributed by atoms with E-state index in [9.17, 15) is 4.79 Å². The topological polar surface area (TPSA) is 63.3 Å². The molecule has 14 heavy (non-hydrogen) atoms. The molecule has 0 bridgehead atoms. The maximum absolute atomic E-state index is 10.6. The summed E-state index contributed by atoms with van der Waals surface area (Å²) < 4.78 is 1.02. The van der Waals surface area contributed by atoms with Gasteiger partial charge in [0.1, 0.15) is 0 Å². The zero-order chi connectivity index (χ0) is 10.7. The Morgan fingerprint density at radius 1 is 1.71 bits per heavy atom. The predicted octanol–water partition coefficient (Wildman–Crippen LogP) is 2.62. The van der Waals surface area contributed by atoms with Crippen LogP contribution in [0.4, 0.5) is 0 Å². The lowest BCUT2D eigenvalue weighted by atomic mass is 10.0. The summed E-state index contributed by atoms with van der Waals surface area (Å²) >= 11 is 4.89. The van der Waals surface area contributed by atoms with E-state index < -0.39 is 11.9 Å². The minimum atomic E-state index is -0.795. The molecule has 78 valence electrons. The van der Waals surface area contributed by atoms with E-state index in [0.717, 1.165) is 8.66 Å². The highest BCUT2D eigenvalue weighted by Crippen LogP contribution is 2.29. The molecule has 0 aliphatic rings. The summed E-state index contributed by atoms with van der Waals surface area (Å²) in [4.78, 5) is 11.6. The normalized spacial score (nSPS) is 15.1. The number of nitrogens with two attached hydrogens (primary N) is 1. The molecule has 1 aromatic rings. The molecule has 2 atom stereocenters. The van der Waals surface area contributed by atoms with E-state index in [2.05, 4.69) is 15.9 Å². The van der Waals surface area contributed by atoms with Crippen molar-refractivity contribution in [3.8, 4) is 0 Å². The van der Waals surface area contributed by atoms with Crippen LogP contribution in [0.25, 0.3) is 0 Å². The van der Waals surface area contributed by atoms with Crippen molar-refractivity contribution in [3.63, 3.8) is 0 Å². The summed E-state index contributed by atoms with van der Waals surface area (Å²) in [7, 11) is 0. The number of carbonyl (C=O) groups is 1. The largest absolute Gasteiger partial charge is 0.481 e. The number of carboxylic acid groups (broad SMARTS) is 1. The molecule has 0 aromatic carbocycles. The highest BCUT2D eigenvalue weighted by Gasteiger charge is 2.17. The zero-order valence-corrected chi connectivity index (χ0v) is 10.1. The van der Waals surface area contributed by atoms with E-state index in [1.165, 1.54) is 0 Å². The van der Waals surface area contributed by atoms with Gasteiger partial charge >= 0.3 is 5.97 Å². The minimum absolute atomic E-state index is 0.183. The van der Waals surface area contributed by atoms with Crippen LogP contribution < -0.4 is 5.73 Å². The molecule has 0 amide bonds. The van der Waals surface area contributed by atoms with E-state index in [1.54, 1.807) is 18.3 Å². The summed E-state index contributed by atoms with van der Waals surface area (Å²) in [5, 5.41) is 8.72. The van der Waals surface area contributed by atoms with E-state index in [4.69, 9.17) is 10.8 Å². The Bertz CT molecular complexity index is 326. The van der Waals surface area contributed by atoms with Crippen molar-refractivity contribution in [2.45, 2.75) is 19.4 Å². The van der Waals surface area contributed by atoms with Crippen LogP contribution in [0.1, 0.15) is 24.3 Å². The fourth-order valence-electron chi connectivity index (χ4n) is 1.13. The van der Waals surface area contributed by atoms with Crippen molar-refractivity contribution < 1.29 is 9.90 Å². The number of hydrogen-bond acceptors (Lipinski definition) is 3. The van der Waals surface area contributed by atoms with Crippen molar-refractivity contribution in [1.29, 1.82) is 0 Å². The van der Waals surface area contributed by atoms with Crippen LogP contribution in [0.15, 0.2) is 15.9 Å². The lowest BCUT2D eigenvalue weighted by Gasteiger charge is -2.12. The van der Waals surface area contributed by atoms with Crippen LogP contribution in [0, 0.1) is 5.92 Å². The molecule has 0 radical (unpaired) electrons. The van der Waals surface area contributed by atoms with E-state index >= 15 is 0 Å². The van der Waals surface area contributed by atoms with Gasteiger partial charge in [-0.05, 0) is 34.5 Å². The van der Waals surface area contributed by atoms with Crippen LogP contribution in [0.5, 0.6) is 0 Å². The molecule has 2 unspecified atom stereocenters. The predicted molar refractivity (Wildman–Crippen MR) is 60.4 cm³/mol. The Morgan fingerprint density at radius 2 is 2.36 bits per heavy atom. The number of aliphatic carboxylic acids is 1. The average Bonchev–Trinajstić information content (AvgIpc) is 2.51. The van der Waals surface area contributed by atoms with Gasteiger partial charge in [0.25, 0.3) is 0 Å². The second kappa shape index (κ2) is 4.91. The van der Waals surface area contributed by atoms with Gasteiger partial charge in [0.05, 0.1) is 9.70 Å². The maximum Gasteiger partial charge on any atom is 0.306 e. The van der Waals surface area contributed by atoms with Crippen LogP contribution in [0.2, 0.25) is 0 Å². The minimum Gasteiger partial charge on any atom is -0.481 e. The van der Waals surface area contributed by atoms with E-state index in [1.807, 2.05) is 12.1 Å². The van der Waals surface area contributed by atoms with Gasteiger partial charge in [0.2, 0.25) is 0 Å². The Labute approximate surface area is 95.1 Å². The maximum atomic E-state index is 10.6. The molecular formula is C9H12BrNO2S. The van der Waals surface area contributed by atoms with Crippen LogP contribution in [-0.4, -0.2) is 11.1 Å². The number of halogens is 1. The van der Waals surface area contributed by atoms with Gasteiger partial charge in [-0.15, -0.1) is 11.3 Å². The molecular weight excluding hydrogens is 266 g/mol. The molecule has 0 saturated carbocycles. The molecule has 0 fully saturated rings. The van der Waals surface area contributed by atoms with Crippen molar-refractivity contribution in [3.05, 3.63) is 20.8 Å². The highest BCUT2D eigenvalue weighted by molar-refractivity contribution is 9.11. The molecule has 3 N–H and O–H groups in total. The number of hydrogen-bond donors (Lipinski definition) is 2. The van der Waals surface area contributed by atoms with E-state index in [0.29, 0.717) is 6.42 Å². The number of thiophene rings is 1. The van der Waals surface area contributed by atoms with Gasteiger partial charge in [-0.2, -0.15) is 0 Å². The first kappa shape index (κ1) is 11.7. The second-order valence-electron chi connectivity index (χ2n) is 3.22. The van der Waals surface area contributed by atoms with Crippen molar-refractivity contribution in [1.82, 2.24) is 0 Å². The quantitative estimate of drug-likeness (QED) is 0.889. The molecule has 1 heterocycles. The van der Waals surface area contributed by atoms with Gasteiger partial charge in [-0.25, -0.2) is 0 Å². The summed E-state index contributed by atoms with van der Waals surface area (Å²) in [5.74, 6) is -1.19. The van der Waals surface area contributed by atoms with Crippen molar-refractivity contribution in [2.75, 3.05) is 0 Å². The third kappa shape index (κ3) is 3.08. The second-order valence-corrected chi connectivity index (χ2v) is 5.72. The summed E-state index contributed by atoms with van der Waals surface area (Å²) in [5.41, 5.74) is 5.87. The van der Waals surface area contributed by atoms with E-state index in [-0.39, 0.29) is 6.04 Å². The average molecular weight is 278 g/mol. The lowest BCUT2D eigenvalue weighted by molar-refractivity contribution is -0.141. The fraction of sp³-hybridized carbons (Fsp3) is 0.444. The van der Waals surface area contributed by atoms with Crippen LogP contribution in [0.3, 0.4) is 0 Å². The fourth-order valence-corrected chi connectivity index (χ4v) is 2.56. The molecule has 0 aliphatic heterocycles. The van der Waals surface area contributed by atoms with Gasteiger partial charge < -0.3 is 10.8 Å². The van der Waals surface area contributed by atoms with Crippen molar-refractivity contribution in [2.24, 2.45) is 11.7 Å². The Kier molecular flexibility index (Phi) is 4.10. The number of carboxylic acids is 1. The zero-order valence-electron chi connectivity index (χ0n) is 7.74. The van der Waals surface area contributed by atoms with Gasteiger partial charge in [0, 0.05) is 10.9 Å². The Hall–Kier alpha value is -0.390. The lowest BCUT2D eigenvalue weighted by Crippen LogP contribution is -2.18. The summed E-state index contributed by atoms with van der Waals surface area (Å²) in [6.07, 6.45) is 0.474. The Balaban J connectivity index is 2.58. The smallest absolute Gasteiger partial charge is 0.306 e. The summed E-state index contributed by atoms with van der Waals surface area (Å²) in [6, 6.07) is 3.66. The third-order valence-corrected chi connectivity index (χ3v) is 3.74. The van der Waals surface area contributed by atoms with Gasteiger partial charge in [0.15, 0.2) is 0 Å². The molecule has 3 nitrogen and oxygen atoms in total. The Morgan fingerprint density at radius 3 is 2.79 bits per heavy atom. The molecule has 0 spiro atoms. The first-order chi connectivity index (χ1) is 6.50. The summed E-state index contributed by atoms with van der Waals surface area (Å²) in [6.45, 7) is 1.67. The number of rotatable bonds is 4. The first-order valence-corrected chi connectivity index (χ1v) is 5.85. The molecule has 5 heteroatoms. The third-order valence-electron chi connectivity index (χ3n) is 1.99. The molecule has 0 aliphatic carbocycles. The standard InChI is InChI=1S/C9H12BrNO2S/c1-5(9(12)13)4-6(11)7-2-3-8(10)14-7/h2-3,5-6H,4,11H2,1H3,(H,12,13). The van der Waals surface area contributed by atoms with Gasteiger partial charge in [-0.3, -0.25) is 4.79 Å². The SMILES string of the molecule is CC(CC(N)c1ccc(Br)s1)C(=O)O. The van der Waals surface area contributed by atoms with Crippen LogP contribution >= 0.6 is 27.3 Å².